The molecule has 4 rings (SSSR count). The molecular weight excluding hydrogens is 384 g/mol. The Kier molecular flexibility index (Phi) is 5.20. The molecule has 2 N–H and O–H groups in total. The van der Waals surface area contributed by atoms with Crippen molar-refractivity contribution in [3.8, 4) is 16.9 Å². The lowest BCUT2D eigenvalue weighted by molar-refractivity contribution is 0.278. The van der Waals surface area contributed by atoms with Gasteiger partial charge in [0.2, 0.25) is 0 Å². The Morgan fingerprint density at radius 1 is 1.03 bits per heavy atom. The van der Waals surface area contributed by atoms with Gasteiger partial charge in [0.1, 0.15) is 12.4 Å². The molecule has 0 aliphatic carbocycles. The molecular formula is C24H23ClN2O2. The Morgan fingerprint density at radius 3 is 2.41 bits per heavy atom. The molecule has 0 spiro atoms. The molecule has 3 aromatic rings. The van der Waals surface area contributed by atoms with Crippen molar-refractivity contribution in [1.29, 1.82) is 0 Å². The Hall–Kier alpha value is -2.98. The second-order valence-electron chi connectivity index (χ2n) is 7.10. The molecule has 0 unspecified atom stereocenters. The predicted octanol–water partition coefficient (Wildman–Crippen LogP) is 5.30. The summed E-state index contributed by atoms with van der Waals surface area (Å²) in [7, 11) is 0. The topological polar surface area (TPSA) is 56.8 Å². The molecule has 1 aliphatic rings. The number of aliphatic imine (C=N–C) groups is 1. The number of amidine groups is 1. The number of hydrogen-bond donors (Lipinski definition) is 1. The molecule has 0 radical (unpaired) electrons. The second-order valence-corrected chi connectivity index (χ2v) is 7.54. The van der Waals surface area contributed by atoms with E-state index in [-0.39, 0.29) is 6.02 Å². The predicted molar refractivity (Wildman–Crippen MR) is 118 cm³/mol. The van der Waals surface area contributed by atoms with Gasteiger partial charge in [0.05, 0.1) is 6.61 Å². The van der Waals surface area contributed by atoms with Crippen LogP contribution in [0.1, 0.15) is 23.6 Å². The third-order valence-electron chi connectivity index (χ3n) is 5.18. The summed E-state index contributed by atoms with van der Waals surface area (Å²) in [6, 6.07) is 22.4. The summed E-state index contributed by atoms with van der Waals surface area (Å²) in [4.78, 5) is 4.73. The number of aryl methyl sites for hydroxylation is 1. The van der Waals surface area contributed by atoms with Gasteiger partial charge in [-0.15, -0.1) is 0 Å². The first-order chi connectivity index (χ1) is 14.0. The van der Waals surface area contributed by atoms with Crippen molar-refractivity contribution in [3.05, 3.63) is 88.4 Å². The van der Waals surface area contributed by atoms with E-state index in [0.29, 0.717) is 18.2 Å². The lowest BCUT2D eigenvalue weighted by Gasteiger charge is -2.26. The molecule has 0 bridgehead atoms. The summed E-state index contributed by atoms with van der Waals surface area (Å²) < 4.78 is 11.3. The lowest BCUT2D eigenvalue weighted by atomic mass is 9.82. The molecule has 0 amide bonds. The van der Waals surface area contributed by atoms with Crippen LogP contribution in [-0.2, 0) is 10.3 Å². The number of nitrogens with two attached hydrogens (primary N) is 1. The number of halogens is 1. The molecule has 1 aliphatic heterocycles. The van der Waals surface area contributed by atoms with Crippen LogP contribution in [0.3, 0.4) is 0 Å². The van der Waals surface area contributed by atoms with E-state index in [9.17, 15) is 0 Å². The van der Waals surface area contributed by atoms with Gasteiger partial charge in [-0.1, -0.05) is 48.0 Å². The van der Waals surface area contributed by atoms with Crippen molar-refractivity contribution in [3.63, 3.8) is 0 Å². The molecule has 0 fully saturated rings. The highest BCUT2D eigenvalue weighted by atomic mass is 35.5. The van der Waals surface area contributed by atoms with Crippen molar-refractivity contribution in [2.24, 2.45) is 10.7 Å². The van der Waals surface area contributed by atoms with Gasteiger partial charge >= 0.3 is 0 Å². The molecule has 5 heteroatoms. The van der Waals surface area contributed by atoms with E-state index >= 15 is 0 Å². The van der Waals surface area contributed by atoms with E-state index in [1.54, 1.807) is 0 Å². The molecule has 1 atom stereocenters. The highest BCUT2D eigenvalue weighted by Gasteiger charge is 2.40. The summed E-state index contributed by atoms with van der Waals surface area (Å²) in [5.74, 6) is 0.870. The van der Waals surface area contributed by atoms with Gasteiger partial charge < -0.3 is 15.2 Å². The minimum atomic E-state index is -0.700. The van der Waals surface area contributed by atoms with E-state index in [2.05, 4.69) is 24.3 Å². The fourth-order valence-corrected chi connectivity index (χ4v) is 3.93. The maximum atomic E-state index is 6.19. The SMILES string of the molecule is CCOc1ccc([C@@]2(c3cccc(-c4cccc(Cl)c4)c3)COC(N)=N2)cc1C. The first-order valence-corrected chi connectivity index (χ1v) is 9.98. The Labute approximate surface area is 175 Å². The van der Waals surface area contributed by atoms with Crippen molar-refractivity contribution in [2.75, 3.05) is 13.2 Å². The van der Waals surface area contributed by atoms with Crippen LogP contribution >= 0.6 is 11.6 Å². The molecule has 29 heavy (non-hydrogen) atoms. The third kappa shape index (κ3) is 3.68. The summed E-state index contributed by atoms with van der Waals surface area (Å²) in [6.07, 6.45) is 0. The van der Waals surface area contributed by atoms with Crippen LogP contribution < -0.4 is 10.5 Å². The minimum absolute atomic E-state index is 0.199. The standard InChI is InChI=1S/C24H23ClN2O2/c1-3-28-22-11-10-20(12-16(22)2)24(15-29-23(26)27-24)19-8-4-6-17(13-19)18-7-5-9-21(25)14-18/h4-14H,3,15H2,1-2H3,(H2,26,27)/t24-/m0/s1. The van der Waals surface area contributed by atoms with Crippen LogP contribution in [0, 0.1) is 6.92 Å². The van der Waals surface area contributed by atoms with Gasteiger partial charge in [-0.3, -0.25) is 0 Å². The molecule has 1 heterocycles. The van der Waals surface area contributed by atoms with Gasteiger partial charge in [-0.2, -0.15) is 0 Å². The van der Waals surface area contributed by atoms with Gasteiger partial charge in [0.25, 0.3) is 6.02 Å². The smallest absolute Gasteiger partial charge is 0.283 e. The molecule has 0 saturated heterocycles. The molecule has 4 nitrogen and oxygen atoms in total. The van der Waals surface area contributed by atoms with Crippen LogP contribution in [0.5, 0.6) is 5.75 Å². The van der Waals surface area contributed by atoms with Gasteiger partial charge in [0.15, 0.2) is 5.54 Å². The van der Waals surface area contributed by atoms with E-state index in [4.69, 9.17) is 31.8 Å². The fraction of sp³-hybridized carbons (Fsp3) is 0.208. The van der Waals surface area contributed by atoms with Gasteiger partial charge in [-0.05, 0) is 72.0 Å². The van der Waals surface area contributed by atoms with Crippen molar-refractivity contribution in [1.82, 2.24) is 0 Å². The molecule has 0 aromatic heterocycles. The Bertz CT molecular complexity index is 1080. The van der Waals surface area contributed by atoms with Crippen LogP contribution in [-0.4, -0.2) is 19.2 Å². The second kappa shape index (κ2) is 7.80. The van der Waals surface area contributed by atoms with E-state index < -0.39 is 5.54 Å². The number of rotatable bonds is 5. The van der Waals surface area contributed by atoms with Crippen molar-refractivity contribution >= 4 is 17.6 Å². The van der Waals surface area contributed by atoms with Crippen molar-refractivity contribution < 1.29 is 9.47 Å². The first kappa shape index (κ1) is 19.3. The molecule has 0 saturated carbocycles. The summed E-state index contributed by atoms with van der Waals surface area (Å²) >= 11 is 6.19. The van der Waals surface area contributed by atoms with Gasteiger partial charge in [0, 0.05) is 5.02 Å². The van der Waals surface area contributed by atoms with Gasteiger partial charge in [-0.25, -0.2) is 4.99 Å². The summed E-state index contributed by atoms with van der Waals surface area (Å²) in [5, 5.41) is 0.705. The van der Waals surface area contributed by atoms with Crippen molar-refractivity contribution in [2.45, 2.75) is 19.4 Å². The van der Waals surface area contributed by atoms with Crippen LogP contribution in [0.15, 0.2) is 71.7 Å². The Balaban J connectivity index is 1.83. The average Bonchev–Trinajstić information content (AvgIpc) is 3.13. The number of hydrogen-bond acceptors (Lipinski definition) is 4. The molecule has 148 valence electrons. The minimum Gasteiger partial charge on any atom is -0.494 e. The lowest BCUT2D eigenvalue weighted by Crippen LogP contribution is -2.27. The Morgan fingerprint density at radius 2 is 1.76 bits per heavy atom. The normalized spacial score (nSPS) is 18.2. The number of nitrogens with zero attached hydrogens (tertiary/aromatic N) is 1. The zero-order valence-corrected chi connectivity index (χ0v) is 17.2. The molecule has 3 aromatic carbocycles. The number of benzene rings is 3. The maximum Gasteiger partial charge on any atom is 0.283 e. The summed E-state index contributed by atoms with van der Waals surface area (Å²) in [6.45, 7) is 4.99. The highest BCUT2D eigenvalue weighted by Crippen LogP contribution is 2.40. The highest BCUT2D eigenvalue weighted by molar-refractivity contribution is 6.30. The zero-order valence-electron chi connectivity index (χ0n) is 16.5. The largest absolute Gasteiger partial charge is 0.494 e. The summed E-state index contributed by atoms with van der Waals surface area (Å²) in [5.41, 5.74) is 10.4. The average molecular weight is 407 g/mol. The van der Waals surface area contributed by atoms with Crippen LogP contribution in [0.25, 0.3) is 11.1 Å². The van der Waals surface area contributed by atoms with E-state index in [1.807, 2.05) is 56.3 Å². The fourth-order valence-electron chi connectivity index (χ4n) is 3.74. The van der Waals surface area contributed by atoms with E-state index in [1.165, 1.54) is 0 Å². The number of ether oxygens (including phenoxy) is 2. The monoisotopic (exact) mass is 406 g/mol. The maximum absolute atomic E-state index is 6.19. The first-order valence-electron chi connectivity index (χ1n) is 9.60. The van der Waals surface area contributed by atoms with Crippen LogP contribution in [0.4, 0.5) is 0 Å². The van der Waals surface area contributed by atoms with Crippen LogP contribution in [0.2, 0.25) is 5.02 Å². The quantitative estimate of drug-likeness (QED) is 0.625. The zero-order chi connectivity index (χ0) is 20.4. The third-order valence-corrected chi connectivity index (χ3v) is 5.42. The van der Waals surface area contributed by atoms with E-state index in [0.717, 1.165) is 33.6 Å².